The van der Waals surface area contributed by atoms with Gasteiger partial charge in [0.1, 0.15) is 0 Å². The summed E-state index contributed by atoms with van der Waals surface area (Å²) in [5.41, 5.74) is -0.913. The van der Waals surface area contributed by atoms with Gasteiger partial charge in [0.25, 0.3) is 0 Å². The molecule has 8 heteroatoms. The van der Waals surface area contributed by atoms with Crippen LogP contribution in [0.15, 0.2) is 0 Å². The van der Waals surface area contributed by atoms with Crippen LogP contribution in [0.1, 0.15) is 13.8 Å². The first-order valence-corrected chi connectivity index (χ1v) is 5.25. The zero-order chi connectivity index (χ0) is 14.6. The molecule has 3 N–H and O–H groups in total. The molecule has 0 aliphatic rings. The van der Waals surface area contributed by atoms with Crippen molar-refractivity contribution in [2.24, 2.45) is 11.3 Å². The van der Waals surface area contributed by atoms with Gasteiger partial charge in [-0.3, -0.25) is 9.59 Å². The van der Waals surface area contributed by atoms with Crippen LogP contribution in [-0.2, 0) is 9.59 Å². The molecule has 106 valence electrons. The Morgan fingerprint density at radius 1 is 1.28 bits per heavy atom. The highest BCUT2D eigenvalue weighted by molar-refractivity contribution is 5.81. The third-order valence-electron chi connectivity index (χ3n) is 2.45. The number of hydrogen-bond donors (Lipinski definition) is 3. The van der Waals surface area contributed by atoms with E-state index in [1.807, 2.05) is 0 Å². The second-order valence-electron chi connectivity index (χ2n) is 4.53. The van der Waals surface area contributed by atoms with E-state index in [0.29, 0.717) is 0 Å². The standard InChI is InChI=1S/C10H17F3N2O3/c1-9(2,8(18)14-3)5-15-4-6(7(16)17)10(11,12)13/h6,15H,4-5H2,1-3H3,(H,14,18)(H,16,17). The molecule has 0 saturated carbocycles. The van der Waals surface area contributed by atoms with Crippen molar-refractivity contribution in [1.29, 1.82) is 0 Å². The minimum Gasteiger partial charge on any atom is -0.481 e. The van der Waals surface area contributed by atoms with Crippen LogP contribution in [0.5, 0.6) is 0 Å². The van der Waals surface area contributed by atoms with Crippen LogP contribution >= 0.6 is 0 Å². The number of amides is 1. The highest BCUT2D eigenvalue weighted by Gasteiger charge is 2.45. The van der Waals surface area contributed by atoms with Crippen LogP contribution in [-0.4, -0.2) is 43.3 Å². The van der Waals surface area contributed by atoms with Gasteiger partial charge < -0.3 is 15.7 Å². The van der Waals surface area contributed by atoms with Crippen LogP contribution in [0.3, 0.4) is 0 Å². The molecule has 0 saturated heterocycles. The number of halogens is 3. The van der Waals surface area contributed by atoms with E-state index in [1.165, 1.54) is 7.05 Å². The van der Waals surface area contributed by atoms with Crippen LogP contribution < -0.4 is 10.6 Å². The lowest BCUT2D eigenvalue weighted by Crippen LogP contribution is -2.46. The first-order valence-electron chi connectivity index (χ1n) is 5.25. The Bertz CT molecular complexity index is 316. The van der Waals surface area contributed by atoms with E-state index < -0.39 is 30.0 Å². The number of carbonyl (C=O) groups is 2. The second-order valence-corrected chi connectivity index (χ2v) is 4.53. The molecule has 0 aliphatic heterocycles. The van der Waals surface area contributed by atoms with E-state index in [4.69, 9.17) is 5.11 Å². The number of carboxylic acid groups (broad SMARTS) is 1. The topological polar surface area (TPSA) is 78.4 Å². The number of hydrogen-bond acceptors (Lipinski definition) is 3. The highest BCUT2D eigenvalue weighted by Crippen LogP contribution is 2.26. The van der Waals surface area contributed by atoms with Crippen molar-refractivity contribution in [3.05, 3.63) is 0 Å². The van der Waals surface area contributed by atoms with Gasteiger partial charge >= 0.3 is 12.1 Å². The summed E-state index contributed by atoms with van der Waals surface area (Å²) in [4.78, 5) is 21.8. The van der Waals surface area contributed by atoms with Gasteiger partial charge in [-0.2, -0.15) is 13.2 Å². The van der Waals surface area contributed by atoms with Gasteiger partial charge in [-0.25, -0.2) is 0 Å². The normalized spacial score (nSPS) is 14.1. The van der Waals surface area contributed by atoms with E-state index in [9.17, 15) is 22.8 Å². The van der Waals surface area contributed by atoms with Gasteiger partial charge in [0.05, 0.1) is 5.41 Å². The summed E-state index contributed by atoms with van der Waals surface area (Å²) in [5, 5.41) is 13.2. The maximum absolute atomic E-state index is 12.3. The van der Waals surface area contributed by atoms with E-state index in [1.54, 1.807) is 13.8 Å². The van der Waals surface area contributed by atoms with Gasteiger partial charge in [-0.1, -0.05) is 0 Å². The van der Waals surface area contributed by atoms with Crippen LogP contribution in [0.25, 0.3) is 0 Å². The molecule has 1 amide bonds. The number of nitrogens with one attached hydrogen (secondary N) is 2. The molecule has 0 rings (SSSR count). The molecule has 5 nitrogen and oxygen atoms in total. The fourth-order valence-electron chi connectivity index (χ4n) is 1.29. The molecule has 18 heavy (non-hydrogen) atoms. The number of carboxylic acids is 1. The quantitative estimate of drug-likeness (QED) is 0.661. The summed E-state index contributed by atoms with van der Waals surface area (Å²) in [6.07, 6.45) is -4.81. The fourth-order valence-corrected chi connectivity index (χ4v) is 1.29. The first-order chi connectivity index (χ1) is 8.02. The second kappa shape index (κ2) is 6.03. The maximum Gasteiger partial charge on any atom is 0.403 e. The van der Waals surface area contributed by atoms with Gasteiger partial charge in [0.2, 0.25) is 5.91 Å². The van der Waals surface area contributed by atoms with Crippen molar-refractivity contribution in [1.82, 2.24) is 10.6 Å². The Hall–Kier alpha value is -1.31. The largest absolute Gasteiger partial charge is 0.481 e. The predicted molar refractivity (Wildman–Crippen MR) is 57.9 cm³/mol. The highest BCUT2D eigenvalue weighted by atomic mass is 19.4. The Morgan fingerprint density at radius 2 is 1.78 bits per heavy atom. The van der Waals surface area contributed by atoms with Crippen molar-refractivity contribution < 1.29 is 27.9 Å². The molecule has 0 bridgehead atoms. The first kappa shape index (κ1) is 16.7. The summed E-state index contributed by atoms with van der Waals surface area (Å²) >= 11 is 0. The van der Waals surface area contributed by atoms with Crippen molar-refractivity contribution >= 4 is 11.9 Å². The SMILES string of the molecule is CNC(=O)C(C)(C)CNCC(C(=O)O)C(F)(F)F. The Balaban J connectivity index is 4.41. The zero-order valence-electron chi connectivity index (χ0n) is 10.4. The van der Waals surface area contributed by atoms with E-state index in [-0.39, 0.29) is 12.5 Å². The lowest BCUT2D eigenvalue weighted by Gasteiger charge is -2.24. The Labute approximate surface area is 103 Å². The van der Waals surface area contributed by atoms with Crippen molar-refractivity contribution in [2.45, 2.75) is 20.0 Å². The maximum atomic E-state index is 12.3. The summed E-state index contributed by atoms with van der Waals surface area (Å²) in [5.74, 6) is -4.75. The molecule has 1 unspecified atom stereocenters. The molecular formula is C10H17F3N2O3. The minimum absolute atomic E-state index is 0.0491. The zero-order valence-corrected chi connectivity index (χ0v) is 10.4. The summed E-state index contributed by atoms with van der Waals surface area (Å²) in [6, 6.07) is 0. The summed E-state index contributed by atoms with van der Waals surface area (Å²) in [7, 11) is 1.42. The average molecular weight is 270 g/mol. The van der Waals surface area contributed by atoms with E-state index in [0.717, 1.165) is 0 Å². The van der Waals surface area contributed by atoms with Gasteiger partial charge in [-0.15, -0.1) is 0 Å². The van der Waals surface area contributed by atoms with Crippen molar-refractivity contribution in [3.63, 3.8) is 0 Å². The molecule has 0 heterocycles. The summed E-state index contributed by atoms with van der Waals surface area (Å²) < 4.78 is 36.9. The summed E-state index contributed by atoms with van der Waals surface area (Å²) in [6.45, 7) is 2.27. The van der Waals surface area contributed by atoms with Gasteiger partial charge in [0, 0.05) is 20.1 Å². The fraction of sp³-hybridized carbons (Fsp3) is 0.800. The van der Waals surface area contributed by atoms with Gasteiger partial charge in [-0.05, 0) is 13.8 Å². The third kappa shape index (κ3) is 4.91. The molecule has 0 spiro atoms. The monoisotopic (exact) mass is 270 g/mol. The molecule has 0 radical (unpaired) electrons. The number of carbonyl (C=O) groups excluding carboxylic acids is 1. The Morgan fingerprint density at radius 3 is 2.11 bits per heavy atom. The van der Waals surface area contributed by atoms with E-state index in [2.05, 4.69) is 10.6 Å². The molecule has 1 atom stereocenters. The average Bonchev–Trinajstić information content (AvgIpc) is 2.20. The number of alkyl halides is 3. The lowest BCUT2D eigenvalue weighted by atomic mass is 9.92. The molecule has 0 aromatic rings. The Kier molecular flexibility index (Phi) is 5.59. The number of aliphatic carboxylic acids is 1. The van der Waals surface area contributed by atoms with Crippen LogP contribution in [0.2, 0.25) is 0 Å². The van der Waals surface area contributed by atoms with Crippen molar-refractivity contribution in [2.75, 3.05) is 20.1 Å². The van der Waals surface area contributed by atoms with Gasteiger partial charge in [0.15, 0.2) is 5.92 Å². The van der Waals surface area contributed by atoms with Crippen LogP contribution in [0, 0.1) is 11.3 Å². The third-order valence-corrected chi connectivity index (χ3v) is 2.45. The molecule has 0 aromatic carbocycles. The predicted octanol–water partition coefficient (Wildman–Crippen LogP) is 0.611. The lowest BCUT2D eigenvalue weighted by molar-refractivity contribution is -0.192. The van der Waals surface area contributed by atoms with Crippen LogP contribution in [0.4, 0.5) is 13.2 Å². The smallest absolute Gasteiger partial charge is 0.403 e. The minimum atomic E-state index is -4.81. The van der Waals surface area contributed by atoms with E-state index >= 15 is 0 Å². The molecule has 0 fully saturated rings. The number of rotatable bonds is 6. The molecular weight excluding hydrogens is 253 g/mol. The molecule has 0 aliphatic carbocycles. The molecule has 0 aromatic heterocycles. The van der Waals surface area contributed by atoms with Crippen molar-refractivity contribution in [3.8, 4) is 0 Å².